The van der Waals surface area contributed by atoms with Crippen LogP contribution in [0.2, 0.25) is 0 Å². The van der Waals surface area contributed by atoms with Crippen molar-refractivity contribution in [1.29, 1.82) is 0 Å². The summed E-state index contributed by atoms with van der Waals surface area (Å²) in [6, 6.07) is 0. The molecule has 2 N–H and O–H groups in total. The van der Waals surface area contributed by atoms with Crippen molar-refractivity contribution in [3.63, 3.8) is 0 Å². The van der Waals surface area contributed by atoms with E-state index in [-0.39, 0.29) is 0 Å². The predicted molar refractivity (Wildman–Crippen MR) is 63.9 cm³/mol. The Hall–Kier alpha value is -0.600. The van der Waals surface area contributed by atoms with Crippen LogP contribution >= 0.6 is 0 Å². The Labute approximate surface area is 84.1 Å². The molecule has 80 valence electrons. The van der Waals surface area contributed by atoms with E-state index in [1.165, 1.54) is 7.05 Å². The predicted octanol–water partition coefficient (Wildman–Crippen LogP) is 2.14. The van der Waals surface area contributed by atoms with Gasteiger partial charge in [0.05, 0.1) is 0 Å². The molecule has 0 aromatic rings. The van der Waals surface area contributed by atoms with Crippen LogP contribution < -0.4 is 5.73 Å². The van der Waals surface area contributed by atoms with Crippen molar-refractivity contribution >= 4 is 0 Å². The molecule has 0 amide bonds. The molecule has 0 rings (SSSR count). The molecule has 1 unspecified atom stereocenters. The SMILES string of the molecule is C=CC.C=CC(C)CN(C)C.CN. The first-order valence-electron chi connectivity index (χ1n) is 4.50. The van der Waals surface area contributed by atoms with Crippen LogP contribution in [0, 0.1) is 5.92 Å². The molecule has 0 saturated carbocycles. The smallest absolute Gasteiger partial charge is 0.00355 e. The molecule has 0 aromatic carbocycles. The summed E-state index contributed by atoms with van der Waals surface area (Å²) in [5.41, 5.74) is 4.50. The van der Waals surface area contributed by atoms with Crippen LogP contribution in [-0.2, 0) is 0 Å². The molecule has 0 radical (unpaired) electrons. The van der Waals surface area contributed by atoms with E-state index in [9.17, 15) is 0 Å². The van der Waals surface area contributed by atoms with Gasteiger partial charge in [-0.1, -0.05) is 19.1 Å². The first-order chi connectivity index (χ1) is 6.08. The van der Waals surface area contributed by atoms with Gasteiger partial charge < -0.3 is 10.6 Å². The van der Waals surface area contributed by atoms with Gasteiger partial charge in [-0.2, -0.15) is 0 Å². The largest absolute Gasteiger partial charge is 0.333 e. The van der Waals surface area contributed by atoms with E-state index < -0.39 is 0 Å². The summed E-state index contributed by atoms with van der Waals surface area (Å²) in [4.78, 5) is 2.16. The Morgan fingerprint density at radius 2 is 1.62 bits per heavy atom. The fourth-order valence-corrected chi connectivity index (χ4v) is 0.651. The van der Waals surface area contributed by atoms with Crippen LogP contribution in [0.3, 0.4) is 0 Å². The van der Waals surface area contributed by atoms with E-state index in [4.69, 9.17) is 0 Å². The van der Waals surface area contributed by atoms with Crippen molar-refractivity contribution in [3.8, 4) is 0 Å². The molecule has 0 saturated heterocycles. The van der Waals surface area contributed by atoms with Gasteiger partial charge in [-0.3, -0.25) is 0 Å². The highest BCUT2D eigenvalue weighted by atomic mass is 15.0. The second-order valence-corrected chi connectivity index (χ2v) is 2.88. The Balaban J connectivity index is -0.000000169. The topological polar surface area (TPSA) is 29.3 Å². The molecule has 2 heteroatoms. The monoisotopic (exact) mass is 186 g/mol. The van der Waals surface area contributed by atoms with E-state index in [1.807, 2.05) is 13.0 Å². The molecule has 2 nitrogen and oxygen atoms in total. The average Bonchev–Trinajstić information content (AvgIpc) is 2.08. The lowest BCUT2D eigenvalue weighted by Gasteiger charge is -2.11. The highest BCUT2D eigenvalue weighted by molar-refractivity contribution is 4.76. The molecule has 0 bridgehead atoms. The first-order valence-corrected chi connectivity index (χ1v) is 4.50. The maximum absolute atomic E-state index is 4.50. The minimum atomic E-state index is 0.616. The minimum Gasteiger partial charge on any atom is -0.333 e. The first kappa shape index (κ1) is 18.2. The van der Waals surface area contributed by atoms with Crippen LogP contribution in [0.15, 0.2) is 25.3 Å². The van der Waals surface area contributed by atoms with Crippen LogP contribution in [0.5, 0.6) is 0 Å². The zero-order valence-electron chi connectivity index (χ0n) is 9.88. The van der Waals surface area contributed by atoms with Gasteiger partial charge in [-0.05, 0) is 34.0 Å². The van der Waals surface area contributed by atoms with Gasteiger partial charge in [0.2, 0.25) is 0 Å². The summed E-state index contributed by atoms with van der Waals surface area (Å²) >= 11 is 0. The standard InChI is InChI=1S/C7H15N.C3H6.CH5N/c1-5-7(2)6-8(3)4;1-3-2;1-2/h5,7H,1,6H2,2-4H3;3H,1H2,2H3;2H2,1H3. The van der Waals surface area contributed by atoms with E-state index >= 15 is 0 Å². The summed E-state index contributed by atoms with van der Waals surface area (Å²) in [7, 11) is 5.64. The molecule has 0 aliphatic carbocycles. The maximum Gasteiger partial charge on any atom is 0.00355 e. The van der Waals surface area contributed by atoms with E-state index in [1.54, 1.807) is 6.08 Å². The molecule has 0 aliphatic heterocycles. The highest BCUT2D eigenvalue weighted by Crippen LogP contribution is 1.94. The van der Waals surface area contributed by atoms with Gasteiger partial charge >= 0.3 is 0 Å². The van der Waals surface area contributed by atoms with Crippen LogP contribution in [0.25, 0.3) is 0 Å². The molecule has 0 aliphatic rings. The van der Waals surface area contributed by atoms with Gasteiger partial charge in [0.25, 0.3) is 0 Å². The second-order valence-electron chi connectivity index (χ2n) is 2.88. The summed E-state index contributed by atoms with van der Waals surface area (Å²) in [5.74, 6) is 0.616. The van der Waals surface area contributed by atoms with E-state index in [2.05, 4.69) is 44.8 Å². The van der Waals surface area contributed by atoms with Crippen LogP contribution in [0.1, 0.15) is 13.8 Å². The van der Waals surface area contributed by atoms with Crippen LogP contribution in [-0.4, -0.2) is 32.6 Å². The summed E-state index contributed by atoms with van der Waals surface area (Å²) in [5, 5.41) is 0. The van der Waals surface area contributed by atoms with E-state index in [0.29, 0.717) is 5.92 Å². The van der Waals surface area contributed by atoms with Crippen molar-refractivity contribution in [2.45, 2.75) is 13.8 Å². The van der Waals surface area contributed by atoms with Crippen molar-refractivity contribution in [2.75, 3.05) is 27.7 Å². The molecule has 13 heavy (non-hydrogen) atoms. The molecule has 0 heterocycles. The average molecular weight is 186 g/mol. The van der Waals surface area contributed by atoms with Gasteiger partial charge in [0, 0.05) is 6.54 Å². The quantitative estimate of drug-likeness (QED) is 0.684. The number of rotatable bonds is 3. The lowest BCUT2D eigenvalue weighted by Crippen LogP contribution is -2.17. The fraction of sp³-hybridized carbons (Fsp3) is 0.636. The Morgan fingerprint density at radius 3 is 1.69 bits per heavy atom. The number of nitrogens with two attached hydrogens (primary N) is 1. The van der Waals surface area contributed by atoms with Gasteiger partial charge in [0.1, 0.15) is 0 Å². The number of hydrogen-bond donors (Lipinski definition) is 1. The van der Waals surface area contributed by atoms with E-state index in [0.717, 1.165) is 6.54 Å². The lowest BCUT2D eigenvalue weighted by atomic mass is 10.2. The third-order valence-corrected chi connectivity index (χ3v) is 1.06. The summed E-state index contributed by atoms with van der Waals surface area (Å²) in [6.45, 7) is 12.2. The fourth-order valence-electron chi connectivity index (χ4n) is 0.651. The third-order valence-electron chi connectivity index (χ3n) is 1.06. The van der Waals surface area contributed by atoms with Crippen molar-refractivity contribution in [2.24, 2.45) is 11.7 Å². The zero-order chi connectivity index (χ0) is 11.3. The van der Waals surface area contributed by atoms with Crippen LogP contribution in [0.4, 0.5) is 0 Å². The zero-order valence-corrected chi connectivity index (χ0v) is 9.88. The second kappa shape index (κ2) is 17.5. The molecule has 0 fully saturated rings. The van der Waals surface area contributed by atoms with Crippen molar-refractivity contribution < 1.29 is 0 Å². The molecular formula is C11H26N2. The summed E-state index contributed by atoms with van der Waals surface area (Å²) < 4.78 is 0. The maximum atomic E-state index is 4.50. The number of nitrogens with zero attached hydrogens (tertiary/aromatic N) is 1. The van der Waals surface area contributed by atoms with Crippen molar-refractivity contribution in [3.05, 3.63) is 25.3 Å². The number of allylic oxidation sites excluding steroid dienone is 1. The Bertz CT molecular complexity index is 98.3. The Morgan fingerprint density at radius 1 is 1.31 bits per heavy atom. The molecule has 0 aromatic heterocycles. The van der Waals surface area contributed by atoms with Gasteiger partial charge in [-0.15, -0.1) is 13.2 Å². The van der Waals surface area contributed by atoms with Crippen molar-refractivity contribution in [1.82, 2.24) is 4.90 Å². The lowest BCUT2D eigenvalue weighted by molar-refractivity contribution is 0.371. The van der Waals surface area contributed by atoms with Gasteiger partial charge in [0.15, 0.2) is 0 Å². The molecule has 0 spiro atoms. The number of hydrogen-bond acceptors (Lipinski definition) is 2. The molecule has 1 atom stereocenters. The highest BCUT2D eigenvalue weighted by Gasteiger charge is 1.94. The summed E-state index contributed by atoms with van der Waals surface area (Å²) in [6.07, 6.45) is 3.72. The van der Waals surface area contributed by atoms with Gasteiger partial charge in [-0.25, -0.2) is 0 Å². The molecular weight excluding hydrogens is 160 g/mol. The normalized spacial score (nSPS) is 10.1. The Kier molecular flexibility index (Phi) is 24.5. The minimum absolute atomic E-state index is 0.616. The third kappa shape index (κ3) is 34.5.